The van der Waals surface area contributed by atoms with Gasteiger partial charge in [0.2, 0.25) is 10.0 Å². The van der Waals surface area contributed by atoms with Gasteiger partial charge >= 0.3 is 0 Å². The number of hydrogen-bond acceptors (Lipinski definition) is 4. The van der Waals surface area contributed by atoms with E-state index < -0.39 is 10.0 Å². The van der Waals surface area contributed by atoms with Gasteiger partial charge in [0.05, 0.1) is 5.75 Å². The summed E-state index contributed by atoms with van der Waals surface area (Å²) in [5.41, 5.74) is 7.04. The first kappa shape index (κ1) is 17.1. The fraction of sp³-hybridized carbons (Fsp3) is 0.571. The Labute approximate surface area is 122 Å². The molecular formula is C14H25N3O2S. The Morgan fingerprint density at radius 3 is 2.10 bits per heavy atom. The molecule has 3 N–H and O–H groups in total. The summed E-state index contributed by atoms with van der Waals surface area (Å²) in [6, 6.07) is 7.32. The van der Waals surface area contributed by atoms with Crippen LogP contribution >= 0.6 is 0 Å². The van der Waals surface area contributed by atoms with E-state index in [2.05, 4.69) is 4.72 Å². The third-order valence-corrected chi connectivity index (χ3v) is 4.85. The van der Waals surface area contributed by atoms with Crippen molar-refractivity contribution in [3.8, 4) is 0 Å². The molecule has 6 heteroatoms. The van der Waals surface area contributed by atoms with E-state index in [-0.39, 0.29) is 11.3 Å². The minimum Gasteiger partial charge on any atom is -0.326 e. The Balaban J connectivity index is 2.65. The smallest absolute Gasteiger partial charge is 0.215 e. The third-order valence-electron chi connectivity index (χ3n) is 3.55. The molecule has 1 aromatic rings. The summed E-state index contributed by atoms with van der Waals surface area (Å²) in [5.74, 6) is -0.0125. The molecule has 0 saturated heterocycles. The van der Waals surface area contributed by atoms with Crippen LogP contribution in [0.3, 0.4) is 0 Å². The number of nitrogens with two attached hydrogens (primary N) is 1. The van der Waals surface area contributed by atoms with Gasteiger partial charge in [0.15, 0.2) is 0 Å². The van der Waals surface area contributed by atoms with E-state index >= 15 is 0 Å². The second-order valence-corrected chi connectivity index (χ2v) is 7.61. The average Bonchev–Trinajstić information content (AvgIpc) is 2.37. The van der Waals surface area contributed by atoms with Gasteiger partial charge < -0.3 is 10.6 Å². The lowest BCUT2D eigenvalue weighted by molar-refractivity contribution is 0.199. The first-order valence-corrected chi connectivity index (χ1v) is 8.24. The maximum Gasteiger partial charge on any atom is 0.215 e. The van der Waals surface area contributed by atoms with Crippen LogP contribution in [-0.2, 0) is 22.3 Å². The number of benzene rings is 1. The zero-order chi connectivity index (χ0) is 15.4. The van der Waals surface area contributed by atoms with E-state index in [1.807, 2.05) is 45.0 Å². The molecule has 0 spiro atoms. The van der Waals surface area contributed by atoms with Crippen LogP contribution < -0.4 is 10.5 Å². The van der Waals surface area contributed by atoms with Gasteiger partial charge in [-0.25, -0.2) is 13.1 Å². The number of nitrogens with one attached hydrogen (secondary N) is 1. The van der Waals surface area contributed by atoms with E-state index in [9.17, 15) is 8.42 Å². The molecule has 0 fully saturated rings. The number of likely N-dealkylation sites (N-methyl/N-ethyl adjacent to an activating group) is 1. The second-order valence-electron chi connectivity index (χ2n) is 5.81. The number of sulfonamides is 1. The van der Waals surface area contributed by atoms with Crippen molar-refractivity contribution in [2.24, 2.45) is 5.73 Å². The summed E-state index contributed by atoms with van der Waals surface area (Å²) in [7, 11) is 0.532. The van der Waals surface area contributed by atoms with Crippen molar-refractivity contribution >= 4 is 10.0 Å². The minimum absolute atomic E-state index is 0.0125. The molecule has 0 amide bonds. The van der Waals surface area contributed by atoms with E-state index in [0.717, 1.165) is 11.1 Å². The summed E-state index contributed by atoms with van der Waals surface area (Å²) in [5, 5.41) is 0. The van der Waals surface area contributed by atoms with Crippen molar-refractivity contribution in [2.75, 3.05) is 20.6 Å². The lowest BCUT2D eigenvalue weighted by Gasteiger charge is -2.32. The highest BCUT2D eigenvalue weighted by Gasteiger charge is 2.23. The monoisotopic (exact) mass is 299 g/mol. The van der Waals surface area contributed by atoms with Gasteiger partial charge in [-0.3, -0.25) is 0 Å². The molecule has 0 unspecified atom stereocenters. The molecule has 1 rings (SSSR count). The molecule has 0 aliphatic rings. The van der Waals surface area contributed by atoms with Crippen LogP contribution in [0.4, 0.5) is 0 Å². The molecule has 5 nitrogen and oxygen atoms in total. The highest BCUT2D eigenvalue weighted by atomic mass is 32.2. The highest BCUT2D eigenvalue weighted by molar-refractivity contribution is 7.88. The molecule has 0 aromatic heterocycles. The van der Waals surface area contributed by atoms with Crippen LogP contribution in [0.15, 0.2) is 24.3 Å². The summed E-state index contributed by atoms with van der Waals surface area (Å²) in [4.78, 5) is 1.99. The molecular weight excluding hydrogens is 274 g/mol. The Morgan fingerprint density at radius 1 is 1.15 bits per heavy atom. The van der Waals surface area contributed by atoms with Crippen LogP contribution in [0.2, 0.25) is 0 Å². The largest absolute Gasteiger partial charge is 0.326 e. The molecule has 0 radical (unpaired) electrons. The Kier molecular flexibility index (Phi) is 5.70. The first-order valence-electron chi connectivity index (χ1n) is 6.59. The molecule has 20 heavy (non-hydrogen) atoms. The van der Waals surface area contributed by atoms with Gasteiger partial charge in [0.25, 0.3) is 0 Å². The molecule has 1 aromatic carbocycles. The summed E-state index contributed by atoms with van der Waals surface area (Å²) >= 11 is 0. The minimum atomic E-state index is -3.33. The molecule has 0 aliphatic heterocycles. The normalized spacial score (nSPS) is 12.9. The quantitative estimate of drug-likeness (QED) is 0.784. The Bertz CT molecular complexity index is 522. The molecule has 114 valence electrons. The van der Waals surface area contributed by atoms with Crippen LogP contribution in [0.5, 0.6) is 0 Å². The Hall–Kier alpha value is -0.950. The third kappa shape index (κ3) is 5.20. The van der Waals surface area contributed by atoms with Crippen molar-refractivity contribution in [3.63, 3.8) is 0 Å². The predicted molar refractivity (Wildman–Crippen MR) is 82.7 cm³/mol. The van der Waals surface area contributed by atoms with Gasteiger partial charge in [-0.05, 0) is 39.1 Å². The number of hydrogen-bond donors (Lipinski definition) is 2. The van der Waals surface area contributed by atoms with Gasteiger partial charge in [0, 0.05) is 18.6 Å². The van der Waals surface area contributed by atoms with Gasteiger partial charge in [-0.1, -0.05) is 24.3 Å². The lowest BCUT2D eigenvalue weighted by atomic mass is 10.1. The summed E-state index contributed by atoms with van der Waals surface area (Å²) < 4.78 is 26.8. The van der Waals surface area contributed by atoms with Crippen molar-refractivity contribution < 1.29 is 8.42 Å². The van der Waals surface area contributed by atoms with E-state index in [0.29, 0.717) is 13.1 Å². The van der Waals surface area contributed by atoms with Crippen molar-refractivity contribution in [2.45, 2.75) is 31.7 Å². The van der Waals surface area contributed by atoms with Crippen molar-refractivity contribution in [1.82, 2.24) is 9.62 Å². The first-order chi connectivity index (χ1) is 9.16. The topological polar surface area (TPSA) is 75.4 Å². The van der Waals surface area contributed by atoms with Gasteiger partial charge in [0.1, 0.15) is 0 Å². The van der Waals surface area contributed by atoms with Gasteiger partial charge in [-0.2, -0.15) is 0 Å². The molecule has 0 aliphatic carbocycles. The average molecular weight is 299 g/mol. The Morgan fingerprint density at radius 2 is 1.65 bits per heavy atom. The second kappa shape index (κ2) is 6.67. The predicted octanol–water partition coefficient (Wildman–Crippen LogP) is 0.905. The van der Waals surface area contributed by atoms with E-state index in [1.54, 1.807) is 12.1 Å². The highest BCUT2D eigenvalue weighted by Crippen LogP contribution is 2.11. The van der Waals surface area contributed by atoms with Crippen LogP contribution in [0.1, 0.15) is 25.0 Å². The van der Waals surface area contributed by atoms with Crippen molar-refractivity contribution in [1.29, 1.82) is 0 Å². The van der Waals surface area contributed by atoms with Crippen LogP contribution in [0, 0.1) is 0 Å². The molecule has 0 saturated carbocycles. The number of rotatable bonds is 7. The lowest BCUT2D eigenvalue weighted by Crippen LogP contribution is -2.48. The van der Waals surface area contributed by atoms with E-state index in [1.165, 1.54) is 0 Å². The fourth-order valence-electron chi connectivity index (χ4n) is 1.49. The number of nitrogens with zero attached hydrogens (tertiary/aromatic N) is 1. The van der Waals surface area contributed by atoms with Crippen LogP contribution in [-0.4, -0.2) is 39.5 Å². The van der Waals surface area contributed by atoms with Gasteiger partial charge in [-0.15, -0.1) is 0 Å². The fourth-order valence-corrected chi connectivity index (χ4v) is 2.79. The molecule has 0 bridgehead atoms. The van der Waals surface area contributed by atoms with Crippen LogP contribution in [0.25, 0.3) is 0 Å². The standard InChI is InChI=1S/C14H25N3O2S/c1-14(2,17(3)4)11-16-20(18,19)10-13-7-5-12(9-15)6-8-13/h5-8,16H,9-11,15H2,1-4H3. The zero-order valence-electron chi connectivity index (χ0n) is 12.7. The molecule has 0 atom stereocenters. The maximum atomic E-state index is 12.1. The maximum absolute atomic E-state index is 12.1. The molecule has 0 heterocycles. The van der Waals surface area contributed by atoms with Crippen molar-refractivity contribution in [3.05, 3.63) is 35.4 Å². The SMILES string of the molecule is CN(C)C(C)(C)CNS(=O)(=O)Cc1ccc(CN)cc1. The van der Waals surface area contributed by atoms with E-state index in [4.69, 9.17) is 5.73 Å². The summed E-state index contributed by atoms with van der Waals surface area (Å²) in [6.07, 6.45) is 0. The summed E-state index contributed by atoms with van der Waals surface area (Å²) in [6.45, 7) is 4.82. The zero-order valence-corrected chi connectivity index (χ0v) is 13.5.